The van der Waals surface area contributed by atoms with Gasteiger partial charge in [0, 0.05) is 36.7 Å². The summed E-state index contributed by atoms with van der Waals surface area (Å²) in [4.78, 5) is 31.2. The number of aliphatic carboxylic acids is 1. The van der Waals surface area contributed by atoms with E-state index in [9.17, 15) is 14.7 Å². The molecule has 0 aromatic heterocycles. The van der Waals surface area contributed by atoms with E-state index >= 15 is 0 Å². The number of carboxylic acid groups (broad SMARTS) is 1. The highest BCUT2D eigenvalue weighted by atomic mass is 16.5. The number of hydrogen-bond donors (Lipinski definition) is 1. The third-order valence-electron chi connectivity index (χ3n) is 8.91. The Morgan fingerprint density at radius 3 is 2.54 bits per heavy atom. The average Bonchev–Trinajstić information content (AvgIpc) is 3.64. The number of ether oxygens (including phenoxy) is 3. The van der Waals surface area contributed by atoms with Gasteiger partial charge in [-0.3, -0.25) is 14.5 Å². The van der Waals surface area contributed by atoms with Crippen LogP contribution in [-0.4, -0.2) is 93.5 Å². The summed E-state index contributed by atoms with van der Waals surface area (Å²) in [6, 6.07) is 21.0. The van der Waals surface area contributed by atoms with Gasteiger partial charge in [0.05, 0.1) is 53.4 Å². The van der Waals surface area contributed by atoms with Gasteiger partial charge in [-0.1, -0.05) is 49.7 Å². The van der Waals surface area contributed by atoms with Crippen molar-refractivity contribution in [1.29, 1.82) is 0 Å². The molecule has 3 aromatic rings. The minimum absolute atomic E-state index is 0.0507. The molecule has 3 atom stereocenters. The summed E-state index contributed by atoms with van der Waals surface area (Å²) in [6.07, 6.45) is 2.62. The van der Waals surface area contributed by atoms with E-state index in [4.69, 9.17) is 14.2 Å². The molecule has 1 unspecified atom stereocenters. The molecule has 1 N–H and O–H groups in total. The first-order valence-electron chi connectivity index (χ1n) is 16.3. The Balaban J connectivity index is 1.45. The first-order chi connectivity index (χ1) is 22.1. The molecule has 1 saturated heterocycles. The first kappa shape index (κ1) is 33.3. The van der Waals surface area contributed by atoms with Crippen molar-refractivity contribution >= 4 is 17.6 Å². The van der Waals surface area contributed by atoms with Gasteiger partial charge >= 0.3 is 5.97 Å². The Morgan fingerprint density at radius 2 is 1.83 bits per heavy atom. The molecule has 2 aliphatic rings. The first-order valence-corrected chi connectivity index (χ1v) is 16.3. The molecule has 2 aliphatic heterocycles. The molecule has 1 fully saturated rings. The van der Waals surface area contributed by atoms with E-state index in [1.54, 1.807) is 7.11 Å². The fraction of sp³-hybridized carbons (Fsp3) is 0.459. The molecule has 0 bridgehead atoms. The van der Waals surface area contributed by atoms with E-state index in [2.05, 4.69) is 46.3 Å². The summed E-state index contributed by atoms with van der Waals surface area (Å²) >= 11 is 0. The van der Waals surface area contributed by atoms with Crippen molar-refractivity contribution in [2.24, 2.45) is 5.92 Å². The number of carbonyl (C=O) groups is 2. The molecule has 3 aromatic carbocycles. The maximum atomic E-state index is 14.3. The van der Waals surface area contributed by atoms with Crippen LogP contribution in [0.5, 0.6) is 17.2 Å². The van der Waals surface area contributed by atoms with Crippen LogP contribution in [0.1, 0.15) is 42.4 Å². The Kier molecular flexibility index (Phi) is 10.5. The second kappa shape index (κ2) is 14.6. The largest absolute Gasteiger partial charge is 0.493 e. The lowest BCUT2D eigenvalue weighted by Gasteiger charge is -2.30. The molecule has 0 radical (unpaired) electrons. The summed E-state index contributed by atoms with van der Waals surface area (Å²) in [6.45, 7) is 4.78. The number of rotatable bonds is 14. The van der Waals surface area contributed by atoms with E-state index in [1.165, 1.54) is 0 Å². The van der Waals surface area contributed by atoms with Gasteiger partial charge in [0.2, 0.25) is 5.91 Å². The van der Waals surface area contributed by atoms with Gasteiger partial charge in [0.15, 0.2) is 11.5 Å². The van der Waals surface area contributed by atoms with E-state index in [0.29, 0.717) is 31.2 Å². The number of nitrogens with zero attached hydrogens (tertiary/aromatic N) is 3. The van der Waals surface area contributed by atoms with Crippen LogP contribution in [0, 0.1) is 5.92 Å². The summed E-state index contributed by atoms with van der Waals surface area (Å²) in [5.41, 5.74) is 4.08. The zero-order valence-electron chi connectivity index (χ0n) is 27.8. The number of para-hydroxylation sites is 2. The molecule has 1 amide bonds. The predicted molar refractivity (Wildman–Crippen MR) is 179 cm³/mol. The molecule has 0 spiro atoms. The van der Waals surface area contributed by atoms with Gasteiger partial charge in [0.1, 0.15) is 18.9 Å². The molecule has 5 rings (SSSR count). The van der Waals surface area contributed by atoms with E-state index in [-0.39, 0.29) is 25.0 Å². The zero-order chi connectivity index (χ0) is 32.8. The Hall–Kier alpha value is -4.08. The number of likely N-dealkylation sites (tertiary alicyclic amines) is 1. The number of anilines is 1. The molecule has 9 nitrogen and oxygen atoms in total. The highest BCUT2D eigenvalue weighted by Gasteiger charge is 2.48. The molecule has 2 heterocycles. The molecular weight excluding hydrogens is 582 g/mol. The lowest BCUT2D eigenvalue weighted by molar-refractivity contribution is -0.884. The van der Waals surface area contributed by atoms with Crippen LogP contribution in [0.15, 0.2) is 66.7 Å². The number of benzene rings is 3. The minimum Gasteiger partial charge on any atom is -0.493 e. The number of unbranched alkanes of at least 4 members (excludes halogenated alkanes) is 1. The van der Waals surface area contributed by atoms with Gasteiger partial charge in [-0.05, 0) is 47.9 Å². The number of carboxylic acids is 1. The normalized spacial score (nSPS) is 19.4. The number of fused-ring (bicyclic) bond motifs is 1. The second-order valence-corrected chi connectivity index (χ2v) is 13.4. The van der Waals surface area contributed by atoms with Gasteiger partial charge < -0.3 is 28.7 Å². The maximum absolute atomic E-state index is 14.3. The van der Waals surface area contributed by atoms with E-state index in [0.717, 1.165) is 58.4 Å². The lowest BCUT2D eigenvalue weighted by atomic mass is 9.84. The summed E-state index contributed by atoms with van der Waals surface area (Å²) in [5.74, 6) is -0.0802. The molecular formula is C37H48N3O6+. The minimum atomic E-state index is -0.902. The number of quaternary nitrogens is 1. The van der Waals surface area contributed by atoms with Crippen LogP contribution in [0.3, 0.4) is 0 Å². The predicted octanol–water partition coefficient (Wildman–Crippen LogP) is 5.22. The van der Waals surface area contributed by atoms with Gasteiger partial charge in [-0.15, -0.1) is 0 Å². The van der Waals surface area contributed by atoms with E-state index in [1.807, 2.05) is 58.3 Å². The molecule has 9 heteroatoms. The zero-order valence-corrected chi connectivity index (χ0v) is 27.8. The fourth-order valence-electron chi connectivity index (χ4n) is 6.73. The monoisotopic (exact) mass is 630 g/mol. The molecule has 46 heavy (non-hydrogen) atoms. The van der Waals surface area contributed by atoms with E-state index < -0.39 is 17.9 Å². The third kappa shape index (κ3) is 7.82. The number of carbonyl (C=O) groups excluding carboxylic acids is 1. The van der Waals surface area contributed by atoms with Crippen molar-refractivity contribution in [3.8, 4) is 17.2 Å². The number of amides is 1. The summed E-state index contributed by atoms with van der Waals surface area (Å²) in [7, 11) is 8.03. The molecule has 246 valence electrons. The average molecular weight is 631 g/mol. The highest BCUT2D eigenvalue weighted by molar-refractivity contribution is 5.95. The highest BCUT2D eigenvalue weighted by Crippen LogP contribution is 2.41. The maximum Gasteiger partial charge on any atom is 0.308 e. The van der Waals surface area contributed by atoms with Crippen LogP contribution in [0.2, 0.25) is 0 Å². The number of hydrogen-bond acceptors (Lipinski definition) is 6. The second-order valence-electron chi connectivity index (χ2n) is 13.4. The Bertz CT molecular complexity index is 1520. The fourth-order valence-corrected chi connectivity index (χ4v) is 6.73. The summed E-state index contributed by atoms with van der Waals surface area (Å²) < 4.78 is 18.2. The lowest BCUT2D eigenvalue weighted by Crippen LogP contribution is -2.46. The van der Waals surface area contributed by atoms with Crippen molar-refractivity contribution in [1.82, 2.24) is 4.90 Å². The Labute approximate surface area is 272 Å². The Morgan fingerprint density at radius 1 is 1.04 bits per heavy atom. The molecule has 0 saturated carbocycles. The molecule has 0 aliphatic carbocycles. The standard InChI is InChI=1S/C37H47N3O6/c1-6-7-18-39(29-12-10-11-26(20-29)24-40(2,3)4)35(41)23-38-22-30(27-15-16-32-28(21-27)17-19-45-32)36(37(42)43)31(38)25-46-34-14-9-8-13-33(34)44-5/h8-16,20-21,30-31,36H,6-7,17-19,22-25H2,1-5H3/p+1/t30-,31+,36?/m1/s1. The topological polar surface area (TPSA) is 88.5 Å². The van der Waals surface area contributed by atoms with Crippen molar-refractivity contribution in [2.75, 3.05) is 66.0 Å². The van der Waals surface area contributed by atoms with Crippen molar-refractivity contribution in [2.45, 2.75) is 44.7 Å². The van der Waals surface area contributed by atoms with Gasteiger partial charge in [-0.2, -0.15) is 0 Å². The SMILES string of the molecule is CCCCN(C(=O)CN1C[C@H](c2ccc3c(c2)CCO3)C(C(=O)O)[C@@H]1COc1ccccc1OC)c1cccc(C[N+](C)(C)C)c1. The van der Waals surface area contributed by atoms with Crippen molar-refractivity contribution in [3.05, 3.63) is 83.4 Å². The van der Waals surface area contributed by atoms with Gasteiger partial charge in [0.25, 0.3) is 0 Å². The van der Waals surface area contributed by atoms with Gasteiger partial charge in [-0.25, -0.2) is 0 Å². The van der Waals surface area contributed by atoms with Crippen LogP contribution >= 0.6 is 0 Å². The van der Waals surface area contributed by atoms with Crippen LogP contribution in [0.25, 0.3) is 0 Å². The quantitative estimate of drug-likeness (QED) is 0.245. The van der Waals surface area contributed by atoms with Crippen molar-refractivity contribution < 1.29 is 33.4 Å². The van der Waals surface area contributed by atoms with Crippen LogP contribution in [0.4, 0.5) is 5.69 Å². The van der Waals surface area contributed by atoms with Crippen LogP contribution < -0.4 is 19.1 Å². The smallest absolute Gasteiger partial charge is 0.308 e. The third-order valence-corrected chi connectivity index (χ3v) is 8.91. The van der Waals surface area contributed by atoms with Crippen LogP contribution in [-0.2, 0) is 22.6 Å². The number of methoxy groups -OCH3 is 1. The van der Waals surface area contributed by atoms with Crippen molar-refractivity contribution in [3.63, 3.8) is 0 Å². The summed E-state index contributed by atoms with van der Waals surface area (Å²) in [5, 5.41) is 10.7.